The lowest BCUT2D eigenvalue weighted by Crippen LogP contribution is -2.31. The molecule has 0 radical (unpaired) electrons. The van der Waals surface area contributed by atoms with E-state index in [9.17, 15) is 9.59 Å². The second kappa shape index (κ2) is 8.29. The molecule has 0 spiro atoms. The third-order valence-electron chi connectivity index (χ3n) is 5.11. The maximum absolute atomic E-state index is 12.9. The van der Waals surface area contributed by atoms with Crippen molar-refractivity contribution >= 4 is 17.5 Å². The first-order chi connectivity index (χ1) is 13.0. The predicted molar refractivity (Wildman–Crippen MR) is 106 cm³/mol. The SMILES string of the molecule is COc1ccc(C(=O)N2CCCCCC2)cc1NC(=O)c1cc(C)c(C)[nH]1. The molecule has 1 saturated heterocycles. The average molecular weight is 369 g/mol. The van der Waals surface area contributed by atoms with Gasteiger partial charge in [0.05, 0.1) is 12.8 Å². The first-order valence-electron chi connectivity index (χ1n) is 9.44. The summed E-state index contributed by atoms with van der Waals surface area (Å²) in [5.41, 5.74) is 3.52. The van der Waals surface area contributed by atoms with Crippen LogP contribution in [0.15, 0.2) is 24.3 Å². The van der Waals surface area contributed by atoms with Gasteiger partial charge < -0.3 is 19.9 Å². The molecule has 6 nitrogen and oxygen atoms in total. The Morgan fingerprint density at radius 1 is 1.07 bits per heavy atom. The molecule has 2 heterocycles. The second-order valence-corrected chi connectivity index (χ2v) is 7.07. The Morgan fingerprint density at radius 2 is 1.78 bits per heavy atom. The van der Waals surface area contributed by atoms with Crippen LogP contribution in [0, 0.1) is 13.8 Å². The molecular formula is C21H27N3O3. The van der Waals surface area contributed by atoms with E-state index >= 15 is 0 Å². The van der Waals surface area contributed by atoms with E-state index in [1.807, 2.05) is 24.8 Å². The van der Waals surface area contributed by atoms with Gasteiger partial charge in [-0.3, -0.25) is 9.59 Å². The Balaban J connectivity index is 1.82. The number of methoxy groups -OCH3 is 1. The van der Waals surface area contributed by atoms with Gasteiger partial charge in [0, 0.05) is 24.3 Å². The molecule has 0 aliphatic carbocycles. The van der Waals surface area contributed by atoms with Crippen molar-refractivity contribution in [3.05, 3.63) is 46.8 Å². The number of carbonyl (C=O) groups excluding carboxylic acids is 2. The number of nitrogens with one attached hydrogen (secondary N) is 2. The van der Waals surface area contributed by atoms with Crippen LogP contribution in [-0.2, 0) is 0 Å². The molecule has 1 aromatic heterocycles. The number of anilines is 1. The molecule has 0 unspecified atom stereocenters. The van der Waals surface area contributed by atoms with Crippen LogP contribution in [0.4, 0.5) is 5.69 Å². The van der Waals surface area contributed by atoms with E-state index in [4.69, 9.17) is 4.74 Å². The predicted octanol–water partition coefficient (Wildman–Crippen LogP) is 3.91. The average Bonchev–Trinajstić information content (AvgIpc) is 2.87. The summed E-state index contributed by atoms with van der Waals surface area (Å²) >= 11 is 0. The molecule has 27 heavy (non-hydrogen) atoms. The second-order valence-electron chi connectivity index (χ2n) is 7.07. The fourth-order valence-electron chi connectivity index (χ4n) is 3.37. The van der Waals surface area contributed by atoms with Crippen LogP contribution in [0.2, 0.25) is 0 Å². The highest BCUT2D eigenvalue weighted by atomic mass is 16.5. The van der Waals surface area contributed by atoms with Crippen LogP contribution in [0.25, 0.3) is 0 Å². The van der Waals surface area contributed by atoms with Gasteiger partial charge in [-0.15, -0.1) is 0 Å². The van der Waals surface area contributed by atoms with Gasteiger partial charge in [-0.25, -0.2) is 0 Å². The molecule has 2 N–H and O–H groups in total. The number of rotatable bonds is 4. The summed E-state index contributed by atoms with van der Waals surface area (Å²) in [7, 11) is 1.55. The molecule has 0 bridgehead atoms. The molecule has 2 amide bonds. The number of benzene rings is 1. The Bertz CT molecular complexity index is 814. The monoisotopic (exact) mass is 369 g/mol. The molecule has 2 aromatic rings. The van der Waals surface area contributed by atoms with Crippen molar-refractivity contribution in [2.45, 2.75) is 39.5 Å². The van der Waals surface area contributed by atoms with Crippen LogP contribution in [0.3, 0.4) is 0 Å². The number of amides is 2. The maximum atomic E-state index is 12.9. The number of H-pyrrole nitrogens is 1. The van der Waals surface area contributed by atoms with Crippen LogP contribution in [0.5, 0.6) is 5.75 Å². The zero-order valence-corrected chi connectivity index (χ0v) is 16.2. The van der Waals surface area contributed by atoms with E-state index in [1.165, 1.54) is 12.8 Å². The molecule has 1 aliphatic rings. The molecule has 1 aliphatic heterocycles. The van der Waals surface area contributed by atoms with Crippen LogP contribution in [0.1, 0.15) is 57.8 Å². The normalized spacial score (nSPS) is 14.6. The first-order valence-corrected chi connectivity index (χ1v) is 9.44. The first kappa shape index (κ1) is 19.0. The van der Waals surface area contributed by atoms with Crippen LogP contribution in [-0.4, -0.2) is 41.9 Å². The lowest BCUT2D eigenvalue weighted by atomic mass is 10.1. The number of hydrogen-bond donors (Lipinski definition) is 2. The number of hydrogen-bond acceptors (Lipinski definition) is 3. The zero-order valence-electron chi connectivity index (χ0n) is 16.2. The minimum atomic E-state index is -0.260. The number of aromatic nitrogens is 1. The van der Waals surface area contributed by atoms with Gasteiger partial charge in [0.25, 0.3) is 11.8 Å². The zero-order chi connectivity index (χ0) is 19.4. The van der Waals surface area contributed by atoms with Gasteiger partial charge in [-0.05, 0) is 56.5 Å². The topological polar surface area (TPSA) is 74.4 Å². The third-order valence-corrected chi connectivity index (χ3v) is 5.11. The van der Waals surface area contributed by atoms with Gasteiger partial charge in [-0.1, -0.05) is 12.8 Å². The van der Waals surface area contributed by atoms with Crippen molar-refractivity contribution in [1.82, 2.24) is 9.88 Å². The fourth-order valence-corrected chi connectivity index (χ4v) is 3.37. The molecule has 0 saturated carbocycles. The molecular weight excluding hydrogens is 342 g/mol. The number of nitrogens with zero attached hydrogens (tertiary/aromatic N) is 1. The van der Waals surface area contributed by atoms with Gasteiger partial charge >= 0.3 is 0 Å². The summed E-state index contributed by atoms with van der Waals surface area (Å²) in [5, 5.41) is 2.86. The van der Waals surface area contributed by atoms with Crippen molar-refractivity contribution in [3.8, 4) is 5.75 Å². The molecule has 1 fully saturated rings. The van der Waals surface area contributed by atoms with Gasteiger partial charge in [0.15, 0.2) is 0 Å². The van der Waals surface area contributed by atoms with Gasteiger partial charge in [0.2, 0.25) is 0 Å². The standard InChI is InChI=1S/C21H27N3O3/c1-14-12-18(22-15(14)2)20(25)23-17-13-16(8-9-19(17)27-3)21(26)24-10-6-4-5-7-11-24/h8-9,12-13,22H,4-7,10-11H2,1-3H3,(H,23,25). The number of aromatic amines is 1. The van der Waals surface area contributed by atoms with E-state index in [1.54, 1.807) is 25.3 Å². The van der Waals surface area contributed by atoms with Gasteiger partial charge in [-0.2, -0.15) is 0 Å². The number of ether oxygens (including phenoxy) is 1. The minimum absolute atomic E-state index is 0.00149. The van der Waals surface area contributed by atoms with Crippen molar-refractivity contribution in [2.75, 3.05) is 25.5 Å². The molecule has 3 rings (SSSR count). The van der Waals surface area contributed by atoms with Crippen molar-refractivity contribution in [3.63, 3.8) is 0 Å². The minimum Gasteiger partial charge on any atom is -0.495 e. The van der Waals surface area contributed by atoms with E-state index in [0.29, 0.717) is 22.7 Å². The van der Waals surface area contributed by atoms with E-state index in [-0.39, 0.29) is 11.8 Å². The lowest BCUT2D eigenvalue weighted by molar-refractivity contribution is 0.0761. The van der Waals surface area contributed by atoms with Crippen molar-refractivity contribution < 1.29 is 14.3 Å². The van der Waals surface area contributed by atoms with Gasteiger partial charge in [0.1, 0.15) is 11.4 Å². The lowest BCUT2D eigenvalue weighted by Gasteiger charge is -2.21. The Kier molecular flexibility index (Phi) is 5.84. The van der Waals surface area contributed by atoms with Crippen LogP contribution >= 0.6 is 0 Å². The van der Waals surface area contributed by atoms with E-state index in [0.717, 1.165) is 37.2 Å². The molecule has 144 valence electrons. The summed E-state index contributed by atoms with van der Waals surface area (Å²) < 4.78 is 5.36. The van der Waals surface area contributed by atoms with Crippen molar-refractivity contribution in [2.24, 2.45) is 0 Å². The summed E-state index contributed by atoms with van der Waals surface area (Å²) in [6.07, 6.45) is 4.42. The summed E-state index contributed by atoms with van der Waals surface area (Å²) in [4.78, 5) is 30.4. The smallest absolute Gasteiger partial charge is 0.272 e. The Labute approximate surface area is 159 Å². The highest BCUT2D eigenvalue weighted by Crippen LogP contribution is 2.27. The Morgan fingerprint density at radius 3 is 2.37 bits per heavy atom. The number of aryl methyl sites for hydroxylation is 2. The fraction of sp³-hybridized carbons (Fsp3) is 0.429. The van der Waals surface area contributed by atoms with E-state index < -0.39 is 0 Å². The van der Waals surface area contributed by atoms with Crippen molar-refractivity contribution in [1.29, 1.82) is 0 Å². The molecule has 1 aromatic carbocycles. The molecule has 6 heteroatoms. The summed E-state index contributed by atoms with van der Waals surface area (Å²) in [6, 6.07) is 6.99. The highest BCUT2D eigenvalue weighted by molar-refractivity contribution is 6.05. The summed E-state index contributed by atoms with van der Waals surface area (Å²) in [5.74, 6) is 0.265. The van der Waals surface area contributed by atoms with E-state index in [2.05, 4.69) is 10.3 Å². The molecule has 0 atom stereocenters. The number of likely N-dealkylation sites (tertiary alicyclic amines) is 1. The largest absolute Gasteiger partial charge is 0.495 e. The third kappa shape index (κ3) is 4.32. The maximum Gasteiger partial charge on any atom is 0.272 e. The quantitative estimate of drug-likeness (QED) is 0.858. The Hall–Kier alpha value is -2.76. The number of carbonyl (C=O) groups is 2. The van der Waals surface area contributed by atoms with Crippen LogP contribution < -0.4 is 10.1 Å². The summed E-state index contributed by atoms with van der Waals surface area (Å²) in [6.45, 7) is 5.44. The highest BCUT2D eigenvalue weighted by Gasteiger charge is 2.20.